The molecule has 1 amide bonds. The highest BCUT2D eigenvalue weighted by atomic mass is 28.3. The third-order valence-corrected chi connectivity index (χ3v) is 7.04. The lowest BCUT2D eigenvalue weighted by Gasteiger charge is -2.27. The van der Waals surface area contributed by atoms with Crippen molar-refractivity contribution in [3.05, 3.63) is 59.6 Å². The molecule has 4 heterocycles. The first-order valence-electron chi connectivity index (χ1n) is 10.4. The Bertz CT molecular complexity index is 1080. The molecule has 4 rings (SSSR count). The molecule has 0 fully saturated rings. The zero-order chi connectivity index (χ0) is 22.0. The summed E-state index contributed by atoms with van der Waals surface area (Å²) in [4.78, 5) is 27.0. The van der Waals surface area contributed by atoms with Crippen molar-refractivity contribution < 1.29 is 18.8 Å². The molecule has 0 atom stereocenters. The number of halogens is 1. The molecule has 0 radical (unpaired) electrons. The number of hydrogen-bond donors (Lipinski definition) is 0. The summed E-state index contributed by atoms with van der Waals surface area (Å²) in [7, 11) is -1.15. The van der Waals surface area contributed by atoms with Crippen molar-refractivity contribution in [3.8, 4) is 0 Å². The Kier molecular flexibility index (Phi) is 6.17. The summed E-state index contributed by atoms with van der Waals surface area (Å²) in [6.07, 6.45) is 5.50. The van der Waals surface area contributed by atoms with Crippen LogP contribution in [-0.2, 0) is 22.5 Å². The first-order valence-corrected chi connectivity index (χ1v) is 14.1. The standard InChI is InChI=1S/C22H27FN4O3Si/c1-31(2,3)11-10-29-15-30-27-9-7-19-18-6-8-26(14-17-5-4-16(23)12-24-17)20(18)13-25-21(19)22(27)28/h4-6,8,12-13H,7,9-11,14-15H2,1-3H3. The second-order valence-electron chi connectivity index (χ2n) is 8.92. The Balaban J connectivity index is 1.44. The second kappa shape index (κ2) is 8.86. The Morgan fingerprint density at radius 3 is 2.74 bits per heavy atom. The number of hydroxylamine groups is 2. The molecule has 31 heavy (non-hydrogen) atoms. The Hall–Kier alpha value is -2.62. The summed E-state index contributed by atoms with van der Waals surface area (Å²) in [5.41, 5.74) is 3.01. The molecule has 0 N–H and O–H groups in total. The average molecular weight is 443 g/mol. The van der Waals surface area contributed by atoms with Crippen LogP contribution < -0.4 is 0 Å². The van der Waals surface area contributed by atoms with Crippen molar-refractivity contribution in [2.75, 3.05) is 19.9 Å². The van der Waals surface area contributed by atoms with Crippen LogP contribution in [0.2, 0.25) is 25.7 Å². The third-order valence-electron chi connectivity index (χ3n) is 5.34. The molecule has 9 heteroatoms. The number of pyridine rings is 2. The molecule has 0 spiro atoms. The summed E-state index contributed by atoms with van der Waals surface area (Å²) in [6, 6.07) is 6.10. The van der Waals surface area contributed by atoms with Crippen LogP contribution in [0.4, 0.5) is 4.39 Å². The van der Waals surface area contributed by atoms with E-state index in [4.69, 9.17) is 9.57 Å². The van der Waals surface area contributed by atoms with Crippen LogP contribution in [0.5, 0.6) is 0 Å². The highest BCUT2D eigenvalue weighted by molar-refractivity contribution is 6.76. The van der Waals surface area contributed by atoms with Gasteiger partial charge in [-0.05, 0) is 36.2 Å². The fourth-order valence-electron chi connectivity index (χ4n) is 3.56. The highest BCUT2D eigenvalue weighted by Gasteiger charge is 2.29. The van der Waals surface area contributed by atoms with Crippen LogP contribution in [0.15, 0.2) is 36.8 Å². The van der Waals surface area contributed by atoms with Crippen molar-refractivity contribution in [2.45, 2.75) is 38.7 Å². The molecule has 3 aromatic heterocycles. The van der Waals surface area contributed by atoms with Gasteiger partial charge in [-0.25, -0.2) is 19.3 Å². The van der Waals surface area contributed by atoms with Gasteiger partial charge in [0.1, 0.15) is 11.5 Å². The van der Waals surface area contributed by atoms with Crippen LogP contribution in [0.25, 0.3) is 10.9 Å². The van der Waals surface area contributed by atoms with E-state index >= 15 is 0 Å². The monoisotopic (exact) mass is 442 g/mol. The van der Waals surface area contributed by atoms with Gasteiger partial charge in [0.2, 0.25) is 0 Å². The molecule has 0 unspecified atom stereocenters. The number of nitrogens with zero attached hydrogens (tertiary/aromatic N) is 4. The normalized spacial score (nSPS) is 14.3. The molecule has 0 saturated heterocycles. The van der Waals surface area contributed by atoms with Crippen LogP contribution in [0, 0.1) is 5.82 Å². The van der Waals surface area contributed by atoms with E-state index in [1.165, 1.54) is 17.3 Å². The maximum Gasteiger partial charge on any atom is 0.296 e. The van der Waals surface area contributed by atoms with Crippen molar-refractivity contribution >= 4 is 24.9 Å². The van der Waals surface area contributed by atoms with Gasteiger partial charge in [0.05, 0.1) is 36.7 Å². The van der Waals surface area contributed by atoms with E-state index < -0.39 is 8.07 Å². The van der Waals surface area contributed by atoms with E-state index in [1.54, 1.807) is 12.3 Å². The van der Waals surface area contributed by atoms with E-state index in [9.17, 15) is 9.18 Å². The Morgan fingerprint density at radius 2 is 2.00 bits per heavy atom. The molecular weight excluding hydrogens is 415 g/mol. The van der Waals surface area contributed by atoms with Crippen molar-refractivity contribution in [2.24, 2.45) is 0 Å². The molecule has 7 nitrogen and oxygen atoms in total. The molecule has 0 saturated carbocycles. The quantitative estimate of drug-likeness (QED) is 0.301. The van der Waals surface area contributed by atoms with Gasteiger partial charge in [-0.1, -0.05) is 19.6 Å². The first-order chi connectivity index (χ1) is 14.8. The molecule has 0 aromatic carbocycles. The maximum absolute atomic E-state index is 13.1. The summed E-state index contributed by atoms with van der Waals surface area (Å²) in [5, 5.41) is 2.33. The molecule has 0 bridgehead atoms. The minimum absolute atomic E-state index is 0.0643. The van der Waals surface area contributed by atoms with E-state index in [-0.39, 0.29) is 18.5 Å². The average Bonchev–Trinajstić information content (AvgIpc) is 3.13. The predicted octanol–water partition coefficient (Wildman–Crippen LogP) is 3.86. The van der Waals surface area contributed by atoms with Crippen molar-refractivity contribution in [3.63, 3.8) is 0 Å². The lowest BCUT2D eigenvalue weighted by Crippen LogP contribution is -2.39. The predicted molar refractivity (Wildman–Crippen MR) is 118 cm³/mol. The van der Waals surface area contributed by atoms with Gasteiger partial charge >= 0.3 is 0 Å². The Morgan fingerprint density at radius 1 is 1.16 bits per heavy atom. The van der Waals surface area contributed by atoms with Crippen molar-refractivity contribution in [1.82, 2.24) is 19.6 Å². The van der Waals surface area contributed by atoms with Gasteiger partial charge in [0.15, 0.2) is 6.79 Å². The first kappa shape index (κ1) is 21.6. The fraction of sp³-hybridized carbons (Fsp3) is 0.409. The van der Waals surface area contributed by atoms with Gasteiger partial charge in [0.25, 0.3) is 5.91 Å². The molecule has 1 aliphatic rings. The van der Waals surface area contributed by atoms with Crippen LogP contribution >= 0.6 is 0 Å². The summed E-state index contributed by atoms with van der Waals surface area (Å²) >= 11 is 0. The smallest absolute Gasteiger partial charge is 0.296 e. The molecule has 3 aromatic rings. The minimum Gasteiger partial charge on any atom is -0.353 e. The van der Waals surface area contributed by atoms with Crippen molar-refractivity contribution in [1.29, 1.82) is 0 Å². The topological polar surface area (TPSA) is 69.5 Å². The number of hydrogen-bond acceptors (Lipinski definition) is 5. The van der Waals surface area contributed by atoms with E-state index in [0.717, 1.165) is 28.2 Å². The second-order valence-corrected chi connectivity index (χ2v) is 14.5. The number of carbonyl (C=O) groups excluding carboxylic acids is 1. The van der Waals surface area contributed by atoms with E-state index in [2.05, 4.69) is 29.6 Å². The van der Waals surface area contributed by atoms with Gasteiger partial charge < -0.3 is 9.30 Å². The number of rotatable bonds is 8. The SMILES string of the molecule is C[Si](C)(C)CCOCON1CCc2c(ncc3c2ccn3Cc2ccc(F)cn2)C1=O. The van der Waals surface area contributed by atoms with Crippen LogP contribution in [0.3, 0.4) is 0 Å². The molecule has 0 aliphatic carbocycles. The van der Waals surface area contributed by atoms with Gasteiger partial charge in [-0.2, -0.15) is 0 Å². The summed E-state index contributed by atoms with van der Waals surface area (Å²) in [5.74, 6) is -0.603. The lowest BCUT2D eigenvalue weighted by atomic mass is 10.0. The largest absolute Gasteiger partial charge is 0.353 e. The third kappa shape index (κ3) is 5.00. The number of fused-ring (bicyclic) bond motifs is 3. The van der Waals surface area contributed by atoms with E-state index in [0.29, 0.717) is 31.8 Å². The summed E-state index contributed by atoms with van der Waals surface area (Å²) in [6.45, 7) is 8.53. The number of amides is 1. The zero-order valence-corrected chi connectivity index (χ0v) is 19.1. The van der Waals surface area contributed by atoms with Crippen LogP contribution in [-0.4, -0.2) is 53.5 Å². The Labute approximate surface area is 181 Å². The van der Waals surface area contributed by atoms with Gasteiger partial charge in [0, 0.05) is 26.3 Å². The number of carbonyl (C=O) groups is 1. The van der Waals surface area contributed by atoms with Gasteiger partial charge in [-0.3, -0.25) is 9.78 Å². The maximum atomic E-state index is 13.1. The zero-order valence-electron chi connectivity index (χ0n) is 18.1. The number of aromatic nitrogens is 3. The fourth-order valence-corrected chi connectivity index (χ4v) is 4.32. The lowest BCUT2D eigenvalue weighted by molar-refractivity contribution is -0.195. The minimum atomic E-state index is -1.15. The van der Waals surface area contributed by atoms with Gasteiger partial charge in [-0.15, -0.1) is 0 Å². The highest BCUT2D eigenvalue weighted by Crippen LogP contribution is 2.27. The molecule has 164 valence electrons. The molecule has 1 aliphatic heterocycles. The van der Waals surface area contributed by atoms with Crippen LogP contribution in [0.1, 0.15) is 21.7 Å². The summed E-state index contributed by atoms with van der Waals surface area (Å²) < 4.78 is 20.7. The number of ether oxygens (including phenoxy) is 1. The van der Waals surface area contributed by atoms with E-state index in [1.807, 2.05) is 16.8 Å². The molecular formula is C22H27FN4O3Si.